The fraction of sp³-hybridized carbons (Fsp3) is 0.0714. The highest BCUT2D eigenvalue weighted by Crippen LogP contribution is 2.39. The van der Waals surface area contributed by atoms with Crippen LogP contribution < -0.4 is 5.73 Å². The molecule has 0 aliphatic carbocycles. The Hall–Kier alpha value is -2.26. The monoisotopic (exact) mass is 391 g/mol. The summed E-state index contributed by atoms with van der Waals surface area (Å²) in [5.41, 5.74) is 7.81. The number of hydrogen-bond acceptors (Lipinski definition) is 7. The van der Waals surface area contributed by atoms with Crippen LogP contribution in [0, 0.1) is 0 Å². The number of rotatable bonds is 3. The first-order valence-corrected chi connectivity index (χ1v) is 8.22. The van der Waals surface area contributed by atoms with E-state index in [1.54, 1.807) is 6.26 Å². The Kier molecular flexibility index (Phi) is 3.58. The highest BCUT2D eigenvalue weighted by molar-refractivity contribution is 9.10. The molecule has 0 amide bonds. The average Bonchev–Trinajstić information content (AvgIpc) is 3.16. The van der Waals surface area contributed by atoms with E-state index in [4.69, 9.17) is 15.2 Å². The average molecular weight is 392 g/mol. The lowest BCUT2D eigenvalue weighted by atomic mass is 10.2. The summed E-state index contributed by atoms with van der Waals surface area (Å²) >= 11 is 4.79. The van der Waals surface area contributed by atoms with Crippen molar-refractivity contribution in [2.75, 3.05) is 5.73 Å². The Balaban J connectivity index is 1.52. The van der Waals surface area contributed by atoms with Gasteiger partial charge in [-0.25, -0.2) is 15.0 Å². The topological polar surface area (TPSA) is 98.9 Å². The predicted molar refractivity (Wildman–Crippen MR) is 89.1 cm³/mol. The normalized spacial score (nSPS) is 16.9. The number of H-pyrrole nitrogens is 1. The Labute approximate surface area is 143 Å². The first kappa shape index (κ1) is 14.3. The number of benzene rings is 1. The molecule has 0 saturated carbocycles. The van der Waals surface area contributed by atoms with Gasteiger partial charge < -0.3 is 20.2 Å². The van der Waals surface area contributed by atoms with E-state index in [0.29, 0.717) is 27.2 Å². The number of ether oxygens (including phenoxy) is 2. The second-order valence-electron chi connectivity index (χ2n) is 4.64. The molecule has 7 nitrogen and oxygen atoms in total. The van der Waals surface area contributed by atoms with Crippen LogP contribution in [0.1, 0.15) is 11.9 Å². The van der Waals surface area contributed by atoms with Crippen molar-refractivity contribution in [3.63, 3.8) is 0 Å². The summed E-state index contributed by atoms with van der Waals surface area (Å²) in [4.78, 5) is 15.4. The van der Waals surface area contributed by atoms with Crippen molar-refractivity contribution >= 4 is 44.7 Å². The molecule has 23 heavy (non-hydrogen) atoms. The molecule has 0 saturated heterocycles. The molecule has 3 aromatic rings. The summed E-state index contributed by atoms with van der Waals surface area (Å²) in [5, 5.41) is 1.20. The number of nitrogens with zero attached hydrogens (tertiary/aromatic N) is 3. The van der Waals surface area contributed by atoms with Crippen molar-refractivity contribution in [3.05, 3.63) is 52.0 Å². The molecule has 3 N–H and O–H groups in total. The van der Waals surface area contributed by atoms with Crippen molar-refractivity contribution in [1.82, 2.24) is 19.9 Å². The molecule has 1 atom stereocenters. The van der Waals surface area contributed by atoms with Gasteiger partial charge in [-0.2, -0.15) is 0 Å². The molecule has 1 aliphatic rings. The SMILES string of the molecule is Nc1ncnc2[nH]c(SC3=COC(c4ccccc4Br)O3)nc12. The van der Waals surface area contributed by atoms with Crippen LogP contribution in [0.5, 0.6) is 0 Å². The van der Waals surface area contributed by atoms with Crippen molar-refractivity contribution in [2.45, 2.75) is 11.4 Å². The Morgan fingerprint density at radius 1 is 1.26 bits per heavy atom. The third-order valence-corrected chi connectivity index (χ3v) is 4.66. The van der Waals surface area contributed by atoms with Crippen molar-refractivity contribution in [3.8, 4) is 0 Å². The molecular formula is C14H10BrN5O2S. The van der Waals surface area contributed by atoms with E-state index in [1.807, 2.05) is 24.3 Å². The highest BCUT2D eigenvalue weighted by atomic mass is 79.9. The third kappa shape index (κ3) is 2.73. The summed E-state index contributed by atoms with van der Waals surface area (Å²) in [6.45, 7) is 0. The van der Waals surface area contributed by atoms with Crippen LogP contribution in [0.3, 0.4) is 0 Å². The Morgan fingerprint density at radius 3 is 2.96 bits per heavy atom. The van der Waals surface area contributed by atoms with Gasteiger partial charge in [-0.05, 0) is 17.8 Å². The van der Waals surface area contributed by atoms with Gasteiger partial charge in [0, 0.05) is 10.0 Å². The van der Waals surface area contributed by atoms with E-state index in [-0.39, 0.29) is 0 Å². The molecule has 1 aliphatic heterocycles. The summed E-state index contributed by atoms with van der Waals surface area (Å²) in [7, 11) is 0. The van der Waals surface area contributed by atoms with Gasteiger partial charge in [-0.15, -0.1) is 0 Å². The van der Waals surface area contributed by atoms with E-state index in [0.717, 1.165) is 10.0 Å². The highest BCUT2D eigenvalue weighted by Gasteiger charge is 2.25. The Bertz CT molecular complexity index is 913. The van der Waals surface area contributed by atoms with Gasteiger partial charge in [0.25, 0.3) is 6.29 Å². The lowest BCUT2D eigenvalue weighted by Gasteiger charge is -2.12. The predicted octanol–water partition coefficient (Wildman–Crippen LogP) is 3.33. The van der Waals surface area contributed by atoms with E-state index in [9.17, 15) is 0 Å². The van der Waals surface area contributed by atoms with Crippen LogP contribution >= 0.6 is 27.7 Å². The number of halogens is 1. The molecule has 1 unspecified atom stereocenters. The van der Waals surface area contributed by atoms with Crippen molar-refractivity contribution in [2.24, 2.45) is 0 Å². The minimum absolute atomic E-state index is 0.335. The lowest BCUT2D eigenvalue weighted by molar-refractivity contribution is -0.0278. The number of hydrogen-bond donors (Lipinski definition) is 2. The van der Waals surface area contributed by atoms with Gasteiger partial charge in [0.05, 0.1) is 0 Å². The Morgan fingerprint density at radius 2 is 2.13 bits per heavy atom. The van der Waals surface area contributed by atoms with Gasteiger partial charge in [0.15, 0.2) is 22.1 Å². The second-order valence-corrected chi connectivity index (χ2v) is 6.49. The second kappa shape index (κ2) is 5.74. The molecule has 4 rings (SSSR count). The summed E-state index contributed by atoms with van der Waals surface area (Å²) < 4.78 is 12.3. The zero-order chi connectivity index (χ0) is 15.8. The maximum absolute atomic E-state index is 5.80. The van der Waals surface area contributed by atoms with Crippen LogP contribution in [-0.4, -0.2) is 19.9 Å². The first-order valence-electron chi connectivity index (χ1n) is 6.61. The smallest absolute Gasteiger partial charge is 0.268 e. The number of thioether (sulfide) groups is 1. The summed E-state index contributed by atoms with van der Waals surface area (Å²) in [5.74, 6) is 0.335. The van der Waals surface area contributed by atoms with Crippen LogP contribution in [-0.2, 0) is 9.47 Å². The fourth-order valence-corrected chi connectivity index (χ4v) is 3.28. The molecule has 0 spiro atoms. The number of nitrogens with one attached hydrogen (secondary N) is 1. The minimum atomic E-state index is -0.484. The summed E-state index contributed by atoms with van der Waals surface area (Å²) in [6.07, 6.45) is 2.47. The lowest BCUT2D eigenvalue weighted by Crippen LogP contribution is -1.99. The quantitative estimate of drug-likeness (QED) is 0.705. The molecule has 2 aromatic heterocycles. The maximum Gasteiger partial charge on any atom is 0.268 e. The first-order chi connectivity index (χ1) is 11.2. The number of aromatic nitrogens is 4. The van der Waals surface area contributed by atoms with E-state index in [1.165, 1.54) is 18.1 Å². The number of nitrogens with two attached hydrogens (primary N) is 1. The molecule has 9 heteroatoms. The van der Waals surface area contributed by atoms with E-state index in [2.05, 4.69) is 35.9 Å². The molecular weight excluding hydrogens is 382 g/mol. The fourth-order valence-electron chi connectivity index (χ4n) is 2.10. The van der Waals surface area contributed by atoms with Crippen LogP contribution in [0.4, 0.5) is 5.82 Å². The van der Waals surface area contributed by atoms with Gasteiger partial charge in [-0.1, -0.05) is 34.1 Å². The molecule has 1 aromatic carbocycles. The van der Waals surface area contributed by atoms with Gasteiger partial charge in [0.2, 0.25) is 5.09 Å². The number of imidazole rings is 1. The standard InChI is InChI=1S/C14H10BrN5O2S/c15-8-4-2-1-3-7(8)13-21-5-9(22-13)23-14-19-10-11(16)17-6-18-12(10)20-14/h1-6,13H,(H3,16,17,18,19,20). The van der Waals surface area contributed by atoms with Gasteiger partial charge >= 0.3 is 0 Å². The minimum Gasteiger partial charge on any atom is -0.454 e. The van der Waals surface area contributed by atoms with Crippen molar-refractivity contribution in [1.29, 1.82) is 0 Å². The molecule has 0 radical (unpaired) electrons. The number of aromatic amines is 1. The summed E-state index contributed by atoms with van der Waals surface area (Å²) in [6, 6.07) is 7.74. The molecule has 3 heterocycles. The van der Waals surface area contributed by atoms with E-state index >= 15 is 0 Å². The zero-order valence-electron chi connectivity index (χ0n) is 11.6. The number of fused-ring (bicyclic) bond motifs is 1. The van der Waals surface area contributed by atoms with Crippen LogP contribution in [0.25, 0.3) is 11.2 Å². The van der Waals surface area contributed by atoms with Crippen LogP contribution in [0.15, 0.2) is 51.6 Å². The van der Waals surface area contributed by atoms with Crippen molar-refractivity contribution < 1.29 is 9.47 Å². The van der Waals surface area contributed by atoms with Gasteiger partial charge in [-0.3, -0.25) is 0 Å². The molecule has 0 fully saturated rings. The maximum atomic E-state index is 5.80. The van der Waals surface area contributed by atoms with Crippen LogP contribution in [0.2, 0.25) is 0 Å². The van der Waals surface area contributed by atoms with Gasteiger partial charge in [0.1, 0.15) is 12.6 Å². The number of nitrogen functional groups attached to an aromatic ring is 1. The zero-order valence-corrected chi connectivity index (χ0v) is 14.0. The molecule has 0 bridgehead atoms. The third-order valence-electron chi connectivity index (χ3n) is 3.16. The molecule has 116 valence electrons. The largest absolute Gasteiger partial charge is 0.454 e. The van der Waals surface area contributed by atoms with E-state index < -0.39 is 6.29 Å². The number of anilines is 1.